The van der Waals surface area contributed by atoms with Crippen LogP contribution in [0.5, 0.6) is 5.75 Å². The summed E-state index contributed by atoms with van der Waals surface area (Å²) in [4.78, 5) is 27.6. The van der Waals surface area contributed by atoms with Gasteiger partial charge >= 0.3 is 0 Å². The molecule has 33 heavy (non-hydrogen) atoms. The van der Waals surface area contributed by atoms with Crippen LogP contribution in [-0.2, 0) is 16.0 Å². The minimum atomic E-state index is -0.814. The highest BCUT2D eigenvalue weighted by molar-refractivity contribution is 6.46. The van der Waals surface area contributed by atoms with Crippen LogP contribution in [0.3, 0.4) is 0 Å². The molecular weight excluding hydrogens is 438 g/mol. The summed E-state index contributed by atoms with van der Waals surface area (Å²) >= 11 is 5.97. The molecule has 0 spiro atoms. The van der Waals surface area contributed by atoms with Gasteiger partial charge in [0.2, 0.25) is 0 Å². The predicted octanol–water partition coefficient (Wildman–Crippen LogP) is 5.33. The maximum atomic E-state index is 13.1. The maximum Gasteiger partial charge on any atom is 0.295 e. The van der Waals surface area contributed by atoms with Crippen molar-refractivity contribution in [3.63, 3.8) is 0 Å². The number of aliphatic hydroxyl groups excluding tert-OH is 1. The number of aryl methyl sites for hydroxylation is 2. The molecular formula is C27H24ClNO4. The van der Waals surface area contributed by atoms with E-state index in [2.05, 4.69) is 0 Å². The Balaban J connectivity index is 1.79. The third-order valence-electron chi connectivity index (χ3n) is 6.06. The second kappa shape index (κ2) is 9.12. The summed E-state index contributed by atoms with van der Waals surface area (Å²) in [6.45, 7) is 4.14. The third kappa shape index (κ3) is 4.50. The molecule has 1 heterocycles. The van der Waals surface area contributed by atoms with Crippen molar-refractivity contribution in [2.45, 2.75) is 26.3 Å². The van der Waals surface area contributed by atoms with Crippen LogP contribution in [0.15, 0.2) is 72.3 Å². The van der Waals surface area contributed by atoms with Gasteiger partial charge in [-0.05, 0) is 72.9 Å². The molecule has 0 saturated carbocycles. The van der Waals surface area contributed by atoms with Gasteiger partial charge in [0.15, 0.2) is 0 Å². The highest BCUT2D eigenvalue weighted by Gasteiger charge is 2.45. The number of Topliss-reactive ketones (excluding diaryl/α,β-unsaturated/α-hetero) is 1. The smallest absolute Gasteiger partial charge is 0.295 e. The van der Waals surface area contributed by atoms with Crippen LogP contribution in [0.1, 0.15) is 33.9 Å². The summed E-state index contributed by atoms with van der Waals surface area (Å²) in [7, 11) is 0. The number of aromatic hydroxyl groups is 1. The lowest BCUT2D eigenvalue weighted by molar-refractivity contribution is -0.139. The van der Waals surface area contributed by atoms with Crippen molar-refractivity contribution in [3.8, 4) is 5.75 Å². The van der Waals surface area contributed by atoms with E-state index in [1.807, 2.05) is 32.0 Å². The van der Waals surface area contributed by atoms with E-state index in [1.54, 1.807) is 36.4 Å². The fraction of sp³-hybridized carbons (Fsp3) is 0.185. The van der Waals surface area contributed by atoms with E-state index in [0.717, 1.165) is 16.7 Å². The summed E-state index contributed by atoms with van der Waals surface area (Å²) in [5.74, 6) is -1.63. The summed E-state index contributed by atoms with van der Waals surface area (Å²) in [5, 5.41) is 21.8. The zero-order valence-electron chi connectivity index (χ0n) is 18.4. The number of rotatable bonds is 5. The van der Waals surface area contributed by atoms with E-state index >= 15 is 0 Å². The molecule has 5 nitrogen and oxygen atoms in total. The van der Waals surface area contributed by atoms with Gasteiger partial charge in [0.05, 0.1) is 11.6 Å². The fourth-order valence-corrected chi connectivity index (χ4v) is 4.22. The molecule has 0 bridgehead atoms. The number of carbonyl (C=O) groups is 2. The zero-order chi connectivity index (χ0) is 23.7. The summed E-state index contributed by atoms with van der Waals surface area (Å²) in [6.07, 6.45) is 0.503. The van der Waals surface area contributed by atoms with Gasteiger partial charge in [-0.3, -0.25) is 9.59 Å². The monoisotopic (exact) mass is 461 g/mol. The Morgan fingerprint density at radius 2 is 1.70 bits per heavy atom. The average molecular weight is 462 g/mol. The lowest BCUT2D eigenvalue weighted by Crippen LogP contribution is -2.31. The van der Waals surface area contributed by atoms with Crippen LogP contribution >= 0.6 is 11.6 Å². The molecule has 1 unspecified atom stereocenters. The fourth-order valence-electron chi connectivity index (χ4n) is 4.10. The molecule has 1 amide bonds. The number of carbonyl (C=O) groups excluding carboxylic acids is 2. The summed E-state index contributed by atoms with van der Waals surface area (Å²) in [5.41, 5.74) is 4.02. The normalized spacial score (nSPS) is 17.5. The van der Waals surface area contributed by atoms with Crippen LogP contribution in [0, 0.1) is 13.8 Å². The average Bonchev–Trinajstić information content (AvgIpc) is 3.05. The van der Waals surface area contributed by atoms with Crippen LogP contribution < -0.4 is 0 Å². The molecule has 6 heteroatoms. The first kappa shape index (κ1) is 22.6. The first-order valence-corrected chi connectivity index (χ1v) is 11.0. The number of hydrogen-bond donors (Lipinski definition) is 2. The number of phenolic OH excluding ortho intramolecular Hbond substituents is 1. The lowest BCUT2D eigenvalue weighted by atomic mass is 9.94. The van der Waals surface area contributed by atoms with Gasteiger partial charge in [0, 0.05) is 17.1 Å². The number of ketones is 1. The minimum absolute atomic E-state index is 0.0157. The molecule has 4 rings (SSSR count). The molecule has 1 fully saturated rings. The Morgan fingerprint density at radius 1 is 0.970 bits per heavy atom. The molecule has 1 aliphatic heterocycles. The largest absolute Gasteiger partial charge is 0.508 e. The Morgan fingerprint density at radius 3 is 2.36 bits per heavy atom. The van der Waals surface area contributed by atoms with Gasteiger partial charge in [-0.15, -0.1) is 0 Å². The lowest BCUT2D eigenvalue weighted by Gasteiger charge is -2.25. The Hall–Kier alpha value is -3.57. The quantitative estimate of drug-likeness (QED) is 0.306. The Kier molecular flexibility index (Phi) is 6.25. The molecule has 3 aromatic carbocycles. The number of aliphatic hydroxyl groups is 1. The van der Waals surface area contributed by atoms with Gasteiger partial charge in [0.1, 0.15) is 11.5 Å². The number of halogens is 1. The van der Waals surface area contributed by atoms with E-state index in [4.69, 9.17) is 11.6 Å². The molecule has 0 aliphatic carbocycles. The second-order valence-corrected chi connectivity index (χ2v) is 8.70. The standard InChI is InChI=1S/C27H24ClNO4/c1-16-6-9-20(14-17(16)2)25(31)23-24(19-4-3-5-22(30)15-19)29(27(33)26(23)32)13-12-18-7-10-21(28)11-8-18/h3-11,14-15,24,30-31H,12-13H2,1-2H3/b25-23-. The van der Waals surface area contributed by atoms with Gasteiger partial charge in [0.25, 0.3) is 11.7 Å². The van der Waals surface area contributed by atoms with Gasteiger partial charge < -0.3 is 15.1 Å². The first-order valence-electron chi connectivity index (χ1n) is 10.7. The number of likely N-dealkylation sites (tertiary alicyclic amines) is 1. The van der Waals surface area contributed by atoms with Crippen molar-refractivity contribution in [3.05, 3.63) is 105 Å². The topological polar surface area (TPSA) is 77.8 Å². The summed E-state index contributed by atoms with van der Waals surface area (Å²) < 4.78 is 0. The first-order chi connectivity index (χ1) is 15.8. The van der Waals surface area contributed by atoms with E-state index in [9.17, 15) is 19.8 Å². The van der Waals surface area contributed by atoms with Crippen molar-refractivity contribution in [1.29, 1.82) is 0 Å². The van der Waals surface area contributed by atoms with Gasteiger partial charge in [-0.1, -0.05) is 48.0 Å². The molecule has 168 valence electrons. The molecule has 1 atom stereocenters. The molecule has 0 radical (unpaired) electrons. The van der Waals surface area contributed by atoms with Crippen LogP contribution in [-0.4, -0.2) is 33.3 Å². The molecule has 0 aromatic heterocycles. The number of phenols is 1. The van der Waals surface area contributed by atoms with Crippen molar-refractivity contribution >= 4 is 29.1 Å². The van der Waals surface area contributed by atoms with Crippen LogP contribution in [0.25, 0.3) is 5.76 Å². The van der Waals surface area contributed by atoms with E-state index in [1.165, 1.54) is 17.0 Å². The zero-order valence-corrected chi connectivity index (χ0v) is 19.1. The van der Waals surface area contributed by atoms with Crippen molar-refractivity contribution in [2.24, 2.45) is 0 Å². The molecule has 3 aromatic rings. The highest BCUT2D eigenvalue weighted by Crippen LogP contribution is 2.40. The predicted molar refractivity (Wildman–Crippen MR) is 128 cm³/mol. The Labute approximate surface area is 197 Å². The van der Waals surface area contributed by atoms with Crippen LogP contribution in [0.4, 0.5) is 0 Å². The summed E-state index contributed by atoms with van der Waals surface area (Å²) in [6, 6.07) is 18.3. The number of nitrogens with zero attached hydrogens (tertiary/aromatic N) is 1. The minimum Gasteiger partial charge on any atom is -0.508 e. The number of benzene rings is 3. The van der Waals surface area contributed by atoms with Gasteiger partial charge in [-0.25, -0.2) is 0 Å². The van der Waals surface area contributed by atoms with Crippen molar-refractivity contribution in [1.82, 2.24) is 4.90 Å². The maximum absolute atomic E-state index is 13.1. The van der Waals surface area contributed by atoms with Gasteiger partial charge in [-0.2, -0.15) is 0 Å². The third-order valence-corrected chi connectivity index (χ3v) is 6.31. The van der Waals surface area contributed by atoms with E-state index < -0.39 is 17.7 Å². The SMILES string of the molecule is Cc1ccc(/C(O)=C2/C(=O)C(=O)N(CCc3ccc(Cl)cc3)C2c2cccc(O)c2)cc1C. The van der Waals surface area contributed by atoms with Crippen molar-refractivity contribution < 1.29 is 19.8 Å². The molecule has 1 aliphatic rings. The number of hydrogen-bond acceptors (Lipinski definition) is 4. The van der Waals surface area contributed by atoms with Crippen LogP contribution in [0.2, 0.25) is 5.02 Å². The molecule has 1 saturated heterocycles. The van der Waals surface area contributed by atoms with Crippen molar-refractivity contribution in [2.75, 3.05) is 6.54 Å². The molecule has 2 N–H and O–H groups in total. The number of amides is 1. The van der Waals surface area contributed by atoms with E-state index in [-0.39, 0.29) is 23.6 Å². The second-order valence-electron chi connectivity index (χ2n) is 8.26. The van der Waals surface area contributed by atoms with E-state index in [0.29, 0.717) is 22.6 Å². The Bertz CT molecular complexity index is 1260. The highest BCUT2D eigenvalue weighted by atomic mass is 35.5.